The number of furan rings is 1. The Morgan fingerprint density at radius 3 is 2.50 bits per heavy atom. The second-order valence-electron chi connectivity index (χ2n) is 6.42. The number of nitrogens with one attached hydrogen (secondary N) is 2. The summed E-state index contributed by atoms with van der Waals surface area (Å²) in [5.74, 6) is 1.42. The van der Waals surface area contributed by atoms with Gasteiger partial charge in [-0.25, -0.2) is 12.6 Å². The molecule has 3 rings (SSSR count). The van der Waals surface area contributed by atoms with Crippen LogP contribution in [0.5, 0.6) is 5.75 Å². The van der Waals surface area contributed by atoms with Gasteiger partial charge < -0.3 is 20.2 Å². The average molecular weight is 474 g/mol. The fraction of sp³-hybridized carbons (Fsp3) is 0.412. The second-order valence-corrected chi connectivity index (χ2v) is 10.3. The van der Waals surface area contributed by atoms with Gasteiger partial charge in [0.15, 0.2) is 21.6 Å². The Morgan fingerprint density at radius 1 is 1.23 bits per heavy atom. The summed E-state index contributed by atoms with van der Waals surface area (Å²) in [6.07, 6.45) is 0. The quantitative estimate of drug-likeness (QED) is 0.561. The van der Waals surface area contributed by atoms with Crippen LogP contribution in [0.25, 0.3) is 0 Å². The maximum absolute atomic E-state index is 12.7. The Balaban J connectivity index is 1.77. The van der Waals surface area contributed by atoms with Crippen molar-refractivity contribution in [2.75, 3.05) is 18.4 Å². The molecular formula is C17H23N5O5S3. The van der Waals surface area contributed by atoms with Crippen LogP contribution in [0, 0.1) is 13.8 Å². The van der Waals surface area contributed by atoms with Gasteiger partial charge in [0.2, 0.25) is 0 Å². The average Bonchev–Trinajstić information content (AvgIpc) is 3.33. The van der Waals surface area contributed by atoms with E-state index in [1.165, 1.54) is 9.69 Å². The van der Waals surface area contributed by atoms with Crippen LogP contribution < -0.4 is 10.6 Å². The molecule has 164 valence electrons. The van der Waals surface area contributed by atoms with Gasteiger partial charge in [-0.1, -0.05) is 13.8 Å². The number of nitrogens with zero attached hydrogens (tertiary/aromatic N) is 3. The molecule has 0 saturated heterocycles. The van der Waals surface area contributed by atoms with Crippen LogP contribution in [0.1, 0.15) is 30.9 Å². The molecule has 13 heteroatoms. The Bertz CT molecular complexity index is 1110. The molecule has 2 aromatic rings. The highest BCUT2D eigenvalue weighted by atomic mass is 32.2. The number of amidine groups is 2. The molecule has 0 radical (unpaired) electrons. The molecule has 0 bridgehead atoms. The predicted molar refractivity (Wildman–Crippen MR) is 118 cm³/mol. The standard InChI is InChI=1S/C17H23N5O5S3/c1-5-22(6-2)30(25,26)17-14(23)13(9-28-17)19-16-15(20-29(24)21-16)18-8-12-7-10(3)11(4)27-12/h7,9,23H,5-6,8H2,1-4H3,(H,18,20)(H,19,21). The fourth-order valence-corrected chi connectivity index (χ4v) is 6.25. The summed E-state index contributed by atoms with van der Waals surface area (Å²) in [5.41, 5.74) is 1.16. The van der Waals surface area contributed by atoms with Gasteiger partial charge >= 0.3 is 0 Å². The molecule has 0 amide bonds. The predicted octanol–water partition coefficient (Wildman–Crippen LogP) is 2.29. The summed E-state index contributed by atoms with van der Waals surface area (Å²) in [5, 5.41) is 17.8. The number of aryl methyl sites for hydroxylation is 2. The second kappa shape index (κ2) is 8.88. The van der Waals surface area contributed by atoms with E-state index in [0.717, 1.165) is 22.7 Å². The molecule has 1 unspecified atom stereocenters. The molecular weight excluding hydrogens is 450 g/mol. The monoisotopic (exact) mass is 473 g/mol. The van der Waals surface area contributed by atoms with Gasteiger partial charge in [-0.05, 0) is 25.5 Å². The van der Waals surface area contributed by atoms with E-state index < -0.39 is 26.9 Å². The number of thiophene rings is 1. The minimum absolute atomic E-state index is 0.133. The molecule has 30 heavy (non-hydrogen) atoms. The van der Waals surface area contributed by atoms with E-state index in [-0.39, 0.29) is 34.7 Å². The van der Waals surface area contributed by atoms with E-state index in [4.69, 9.17) is 4.42 Å². The van der Waals surface area contributed by atoms with Crippen LogP contribution in [0.15, 0.2) is 28.9 Å². The van der Waals surface area contributed by atoms with Crippen LogP contribution in [-0.2, 0) is 27.7 Å². The third-order valence-corrected chi connectivity index (χ3v) is 8.69. The van der Waals surface area contributed by atoms with Gasteiger partial charge in [-0.15, -0.1) is 20.1 Å². The minimum atomic E-state index is -3.81. The van der Waals surface area contributed by atoms with Crippen molar-refractivity contribution in [1.82, 2.24) is 9.62 Å². The van der Waals surface area contributed by atoms with E-state index in [2.05, 4.69) is 19.4 Å². The Labute approximate surface area is 181 Å². The molecule has 0 aromatic carbocycles. The van der Waals surface area contributed by atoms with Crippen LogP contribution in [0.4, 0.5) is 5.69 Å². The van der Waals surface area contributed by atoms with Crippen LogP contribution in [-0.4, -0.2) is 46.8 Å². The number of aromatic hydroxyl groups is 1. The van der Waals surface area contributed by atoms with E-state index >= 15 is 0 Å². The molecule has 1 aliphatic heterocycles. The van der Waals surface area contributed by atoms with Gasteiger partial charge in [0, 0.05) is 18.5 Å². The zero-order chi connectivity index (χ0) is 22.1. The highest BCUT2D eigenvalue weighted by Gasteiger charge is 2.30. The van der Waals surface area contributed by atoms with Crippen molar-refractivity contribution in [2.24, 2.45) is 8.80 Å². The lowest BCUT2D eigenvalue weighted by molar-refractivity contribution is 0.434. The Morgan fingerprint density at radius 2 is 1.90 bits per heavy atom. The normalized spacial score (nSPS) is 16.6. The molecule has 0 fully saturated rings. The number of sulfonamides is 1. The molecule has 1 aliphatic rings. The van der Waals surface area contributed by atoms with Crippen molar-refractivity contribution >= 4 is 49.9 Å². The van der Waals surface area contributed by atoms with Crippen LogP contribution in [0.2, 0.25) is 0 Å². The number of rotatable bonds is 7. The van der Waals surface area contributed by atoms with E-state index in [9.17, 15) is 17.7 Å². The lowest BCUT2D eigenvalue weighted by Gasteiger charge is -2.17. The first kappa shape index (κ1) is 22.5. The fourth-order valence-electron chi connectivity index (χ4n) is 2.78. The molecule has 2 aromatic heterocycles. The topological polar surface area (TPSA) is 137 Å². The summed E-state index contributed by atoms with van der Waals surface area (Å²) in [6.45, 7) is 8.12. The van der Waals surface area contributed by atoms with E-state index in [1.54, 1.807) is 13.8 Å². The first-order chi connectivity index (χ1) is 14.2. The first-order valence-corrected chi connectivity index (χ1v) is 12.5. The lowest BCUT2D eigenvalue weighted by atomic mass is 10.3. The summed E-state index contributed by atoms with van der Waals surface area (Å²) < 4.78 is 51.7. The SMILES string of the molecule is CCN(CC)S(=O)(=O)c1scc(NC2=NS(=O)N=C2NCc2cc(C)c(C)o2)c1O. The van der Waals surface area contributed by atoms with Crippen molar-refractivity contribution in [2.45, 2.75) is 38.4 Å². The van der Waals surface area contributed by atoms with Crippen molar-refractivity contribution in [3.8, 4) is 5.75 Å². The van der Waals surface area contributed by atoms with Gasteiger partial charge in [0.25, 0.3) is 21.2 Å². The highest BCUT2D eigenvalue weighted by Crippen LogP contribution is 2.39. The molecule has 1 atom stereocenters. The van der Waals surface area contributed by atoms with Gasteiger partial charge in [-0.2, -0.15) is 4.31 Å². The van der Waals surface area contributed by atoms with Crippen molar-refractivity contribution in [3.63, 3.8) is 0 Å². The lowest BCUT2D eigenvalue weighted by Crippen LogP contribution is -2.33. The first-order valence-electron chi connectivity index (χ1n) is 9.14. The number of anilines is 1. The molecule has 0 aliphatic carbocycles. The molecule has 10 nitrogen and oxygen atoms in total. The maximum atomic E-state index is 12.7. The zero-order valence-electron chi connectivity index (χ0n) is 16.9. The largest absolute Gasteiger partial charge is 0.504 e. The highest BCUT2D eigenvalue weighted by molar-refractivity contribution is 7.91. The van der Waals surface area contributed by atoms with E-state index in [1.807, 2.05) is 19.9 Å². The summed E-state index contributed by atoms with van der Waals surface area (Å²) in [4.78, 5) is 0. The smallest absolute Gasteiger partial charge is 0.269 e. The molecule has 0 saturated carbocycles. The van der Waals surface area contributed by atoms with Crippen molar-refractivity contribution < 1.29 is 22.2 Å². The van der Waals surface area contributed by atoms with Crippen LogP contribution >= 0.6 is 11.3 Å². The molecule has 3 N–H and O–H groups in total. The summed E-state index contributed by atoms with van der Waals surface area (Å²) in [6, 6.07) is 1.88. The minimum Gasteiger partial charge on any atom is -0.504 e. The zero-order valence-corrected chi connectivity index (χ0v) is 19.4. The maximum Gasteiger partial charge on any atom is 0.269 e. The van der Waals surface area contributed by atoms with E-state index in [0.29, 0.717) is 12.3 Å². The van der Waals surface area contributed by atoms with Crippen molar-refractivity contribution in [1.29, 1.82) is 0 Å². The van der Waals surface area contributed by atoms with Crippen LogP contribution in [0.3, 0.4) is 0 Å². The number of hydrogen-bond donors (Lipinski definition) is 3. The van der Waals surface area contributed by atoms with Gasteiger partial charge in [-0.3, -0.25) is 0 Å². The summed E-state index contributed by atoms with van der Waals surface area (Å²) >= 11 is -0.931. The molecule has 0 spiro atoms. The van der Waals surface area contributed by atoms with Crippen molar-refractivity contribution in [3.05, 3.63) is 28.5 Å². The van der Waals surface area contributed by atoms with Gasteiger partial charge in [0.05, 0.1) is 12.2 Å². The number of hydrogen-bond acceptors (Lipinski definition) is 8. The third kappa shape index (κ3) is 4.43. The third-order valence-electron chi connectivity index (χ3n) is 4.48. The Kier molecular flexibility index (Phi) is 6.65. The Hall–Kier alpha value is -2.22. The van der Waals surface area contributed by atoms with Gasteiger partial charge in [0.1, 0.15) is 11.5 Å². The summed E-state index contributed by atoms with van der Waals surface area (Å²) in [7, 11) is -3.81. The molecule has 3 heterocycles.